The number of anilines is 1. The summed E-state index contributed by atoms with van der Waals surface area (Å²) in [6.45, 7) is 1.89. The summed E-state index contributed by atoms with van der Waals surface area (Å²) in [6.07, 6.45) is 3.97. The molecule has 0 spiro atoms. The van der Waals surface area contributed by atoms with Crippen molar-refractivity contribution in [3.8, 4) is 0 Å². The third-order valence-electron chi connectivity index (χ3n) is 4.31. The zero-order chi connectivity index (χ0) is 17.6. The van der Waals surface area contributed by atoms with E-state index in [4.69, 9.17) is 4.74 Å². The molecule has 1 aliphatic heterocycles. The van der Waals surface area contributed by atoms with Gasteiger partial charge < -0.3 is 19.5 Å². The maximum atomic E-state index is 12.2. The Bertz CT molecular complexity index is 764. The zero-order valence-electron chi connectivity index (χ0n) is 14.4. The largest absolute Gasteiger partial charge is 0.376 e. The van der Waals surface area contributed by atoms with Crippen LogP contribution in [0.1, 0.15) is 18.4 Å². The molecule has 0 saturated carbocycles. The van der Waals surface area contributed by atoms with Gasteiger partial charge in [0, 0.05) is 38.1 Å². The quantitative estimate of drug-likeness (QED) is 0.909. The van der Waals surface area contributed by atoms with Gasteiger partial charge in [-0.05, 0) is 36.6 Å². The van der Waals surface area contributed by atoms with Crippen LogP contribution in [-0.2, 0) is 11.3 Å². The van der Waals surface area contributed by atoms with Crippen LogP contribution in [0.15, 0.2) is 53.5 Å². The molecule has 132 valence electrons. The first-order valence-corrected chi connectivity index (χ1v) is 8.50. The first-order valence-electron chi connectivity index (χ1n) is 8.50. The van der Waals surface area contributed by atoms with Crippen LogP contribution in [0.4, 0.5) is 10.5 Å². The lowest BCUT2D eigenvalue weighted by molar-refractivity contribution is 0.0894. The molecule has 0 aliphatic carbocycles. The van der Waals surface area contributed by atoms with Crippen molar-refractivity contribution < 1.29 is 9.53 Å². The van der Waals surface area contributed by atoms with E-state index in [-0.39, 0.29) is 17.7 Å². The van der Waals surface area contributed by atoms with Crippen molar-refractivity contribution in [2.24, 2.45) is 0 Å². The van der Waals surface area contributed by atoms with Gasteiger partial charge in [0.1, 0.15) is 0 Å². The summed E-state index contributed by atoms with van der Waals surface area (Å²) in [6, 6.07) is 12.5. The summed E-state index contributed by atoms with van der Waals surface area (Å²) < 4.78 is 7.20. The Morgan fingerprint density at radius 2 is 2.08 bits per heavy atom. The van der Waals surface area contributed by atoms with Gasteiger partial charge in [-0.3, -0.25) is 4.79 Å². The molecular formula is C19H23N3O3. The van der Waals surface area contributed by atoms with Gasteiger partial charge in [0.15, 0.2) is 0 Å². The monoisotopic (exact) mass is 341 g/mol. The number of ether oxygens (including phenoxy) is 1. The summed E-state index contributed by atoms with van der Waals surface area (Å²) in [5.41, 5.74) is 1.70. The maximum Gasteiger partial charge on any atom is 0.321 e. The first-order chi connectivity index (χ1) is 12.1. The number of carbonyl (C=O) groups excluding carboxylic acids is 1. The molecule has 6 nitrogen and oxygen atoms in total. The Kier molecular flexibility index (Phi) is 5.50. The van der Waals surface area contributed by atoms with Gasteiger partial charge in [0.25, 0.3) is 5.56 Å². The molecule has 0 radical (unpaired) electrons. The summed E-state index contributed by atoms with van der Waals surface area (Å²) in [4.78, 5) is 25.6. The van der Waals surface area contributed by atoms with E-state index in [0.717, 1.165) is 30.7 Å². The molecule has 1 N–H and O–H groups in total. The second-order valence-corrected chi connectivity index (χ2v) is 6.31. The Hall–Kier alpha value is -2.60. The number of hydrogen-bond donors (Lipinski definition) is 1. The molecule has 2 amide bonds. The van der Waals surface area contributed by atoms with Crippen molar-refractivity contribution in [3.05, 3.63) is 64.6 Å². The van der Waals surface area contributed by atoms with Crippen LogP contribution < -0.4 is 10.9 Å². The van der Waals surface area contributed by atoms with Crippen LogP contribution in [0.3, 0.4) is 0 Å². The topological polar surface area (TPSA) is 63.6 Å². The Balaban J connectivity index is 1.55. The number of hydrogen-bond acceptors (Lipinski definition) is 3. The van der Waals surface area contributed by atoms with E-state index in [1.807, 2.05) is 30.3 Å². The van der Waals surface area contributed by atoms with Crippen LogP contribution in [-0.4, -0.2) is 41.8 Å². The van der Waals surface area contributed by atoms with Gasteiger partial charge in [-0.15, -0.1) is 0 Å². The van der Waals surface area contributed by atoms with Gasteiger partial charge in [-0.1, -0.05) is 18.2 Å². The molecule has 1 aromatic carbocycles. The molecule has 3 rings (SSSR count). The minimum absolute atomic E-state index is 0.0318. The van der Waals surface area contributed by atoms with Crippen LogP contribution in [0, 0.1) is 0 Å². The van der Waals surface area contributed by atoms with E-state index in [1.54, 1.807) is 34.8 Å². The minimum atomic E-state index is -0.150. The zero-order valence-corrected chi connectivity index (χ0v) is 14.4. The Morgan fingerprint density at radius 3 is 2.76 bits per heavy atom. The molecule has 0 unspecified atom stereocenters. The number of rotatable bonds is 5. The number of aromatic nitrogens is 1. The molecule has 6 heteroatoms. The lowest BCUT2D eigenvalue weighted by Crippen LogP contribution is -2.37. The second-order valence-electron chi connectivity index (χ2n) is 6.31. The summed E-state index contributed by atoms with van der Waals surface area (Å²) in [5.74, 6) is 0. The highest BCUT2D eigenvalue weighted by Crippen LogP contribution is 2.14. The van der Waals surface area contributed by atoms with Crippen LogP contribution in [0.25, 0.3) is 0 Å². The lowest BCUT2D eigenvalue weighted by atomic mass is 10.2. The molecule has 1 aliphatic rings. The molecule has 1 atom stereocenters. The fraction of sp³-hybridized carbons (Fsp3) is 0.368. The van der Waals surface area contributed by atoms with Crippen molar-refractivity contribution in [1.82, 2.24) is 9.47 Å². The smallest absolute Gasteiger partial charge is 0.321 e. The normalized spacial score (nSPS) is 16.6. The van der Waals surface area contributed by atoms with E-state index in [9.17, 15) is 9.59 Å². The van der Waals surface area contributed by atoms with Crippen LogP contribution >= 0.6 is 0 Å². The highest BCUT2D eigenvalue weighted by atomic mass is 16.5. The van der Waals surface area contributed by atoms with E-state index in [2.05, 4.69) is 5.32 Å². The van der Waals surface area contributed by atoms with E-state index >= 15 is 0 Å². The van der Waals surface area contributed by atoms with Gasteiger partial charge in [0.05, 0.1) is 12.6 Å². The SMILES string of the molecule is CN(C[C@@H]1CCCO1)C(=O)Nc1ccc(Cn2ccccc2=O)cc1. The Labute approximate surface area is 147 Å². The fourth-order valence-corrected chi connectivity index (χ4v) is 2.88. The highest BCUT2D eigenvalue weighted by Gasteiger charge is 2.20. The molecule has 25 heavy (non-hydrogen) atoms. The standard InChI is InChI=1S/C19H23N3O3/c1-21(14-17-5-4-12-25-17)19(24)20-16-9-7-15(8-10-16)13-22-11-3-2-6-18(22)23/h2-3,6-11,17H,4-5,12-14H2,1H3,(H,20,24)/t17-/m0/s1. The number of amides is 2. The molecule has 2 aromatic rings. The van der Waals surface area contributed by atoms with E-state index in [1.165, 1.54) is 0 Å². The number of urea groups is 1. The number of carbonyl (C=O) groups is 1. The molecule has 2 heterocycles. The van der Waals surface area contributed by atoms with Crippen molar-refractivity contribution >= 4 is 11.7 Å². The van der Waals surface area contributed by atoms with Gasteiger partial charge in [-0.25, -0.2) is 4.79 Å². The maximum absolute atomic E-state index is 12.2. The van der Waals surface area contributed by atoms with Gasteiger partial charge in [-0.2, -0.15) is 0 Å². The number of likely N-dealkylation sites (N-methyl/N-ethyl adjacent to an activating group) is 1. The highest BCUT2D eigenvalue weighted by molar-refractivity contribution is 5.89. The van der Waals surface area contributed by atoms with Crippen molar-refractivity contribution in [3.63, 3.8) is 0 Å². The lowest BCUT2D eigenvalue weighted by Gasteiger charge is -2.21. The molecule has 1 fully saturated rings. The predicted molar refractivity (Wildman–Crippen MR) is 96.9 cm³/mol. The summed E-state index contributed by atoms with van der Waals surface area (Å²) in [7, 11) is 1.77. The van der Waals surface area contributed by atoms with Gasteiger partial charge in [0.2, 0.25) is 0 Å². The van der Waals surface area contributed by atoms with Crippen LogP contribution in [0.5, 0.6) is 0 Å². The van der Waals surface area contributed by atoms with Crippen molar-refractivity contribution in [1.29, 1.82) is 0 Å². The Morgan fingerprint density at radius 1 is 1.28 bits per heavy atom. The number of nitrogens with one attached hydrogen (secondary N) is 1. The number of pyridine rings is 1. The van der Waals surface area contributed by atoms with Crippen molar-refractivity contribution in [2.45, 2.75) is 25.5 Å². The average Bonchev–Trinajstić information content (AvgIpc) is 3.11. The minimum Gasteiger partial charge on any atom is -0.376 e. The summed E-state index contributed by atoms with van der Waals surface area (Å²) >= 11 is 0. The molecule has 1 saturated heterocycles. The van der Waals surface area contributed by atoms with E-state index in [0.29, 0.717) is 13.1 Å². The third-order valence-corrected chi connectivity index (χ3v) is 4.31. The van der Waals surface area contributed by atoms with E-state index < -0.39 is 0 Å². The molecule has 0 bridgehead atoms. The van der Waals surface area contributed by atoms with Crippen molar-refractivity contribution in [2.75, 3.05) is 25.5 Å². The van der Waals surface area contributed by atoms with Crippen LogP contribution in [0.2, 0.25) is 0 Å². The fourth-order valence-electron chi connectivity index (χ4n) is 2.88. The third kappa shape index (κ3) is 4.70. The number of benzene rings is 1. The molecule has 1 aromatic heterocycles. The van der Waals surface area contributed by atoms with Gasteiger partial charge >= 0.3 is 6.03 Å². The molecular weight excluding hydrogens is 318 g/mol. The summed E-state index contributed by atoms with van der Waals surface area (Å²) in [5, 5.41) is 2.88. The average molecular weight is 341 g/mol. The second kappa shape index (κ2) is 7.98. The first kappa shape index (κ1) is 17.2. The number of nitrogens with zero attached hydrogens (tertiary/aromatic N) is 2. The predicted octanol–water partition coefficient (Wildman–Crippen LogP) is 2.54.